The third-order valence-electron chi connectivity index (χ3n) is 3.34. The summed E-state index contributed by atoms with van der Waals surface area (Å²) in [5, 5.41) is 4.62. The standard InChI is InChI=1S/C14H25BrN2/c1-5-12(4)17-10-9-13(16-17)7-6-8-14(15)11(2)3/h9-12,14H,5-8H2,1-4H3. The van der Waals surface area contributed by atoms with Crippen molar-refractivity contribution >= 4 is 15.9 Å². The molecule has 0 aliphatic rings. The molecule has 2 nitrogen and oxygen atoms in total. The van der Waals surface area contributed by atoms with Crippen LogP contribution in [0.2, 0.25) is 0 Å². The lowest BCUT2D eigenvalue weighted by atomic mass is 10.0. The Morgan fingerprint density at radius 1 is 1.35 bits per heavy atom. The molecule has 0 N–H and O–H groups in total. The van der Waals surface area contributed by atoms with E-state index in [9.17, 15) is 0 Å². The summed E-state index contributed by atoms with van der Waals surface area (Å²) >= 11 is 3.73. The summed E-state index contributed by atoms with van der Waals surface area (Å²) in [6.07, 6.45) is 6.78. The van der Waals surface area contributed by atoms with Crippen molar-refractivity contribution in [1.82, 2.24) is 9.78 Å². The molecule has 0 bridgehead atoms. The fourth-order valence-corrected chi connectivity index (χ4v) is 2.08. The van der Waals surface area contributed by atoms with Gasteiger partial charge in [0.15, 0.2) is 0 Å². The Labute approximate surface area is 114 Å². The largest absolute Gasteiger partial charge is 0.270 e. The highest BCUT2D eigenvalue weighted by Crippen LogP contribution is 2.19. The van der Waals surface area contributed by atoms with E-state index in [4.69, 9.17) is 0 Å². The molecule has 1 aromatic rings. The maximum Gasteiger partial charge on any atom is 0.0624 e. The SMILES string of the molecule is CCC(C)n1ccc(CCCC(Br)C(C)C)n1. The van der Waals surface area contributed by atoms with Gasteiger partial charge in [-0.2, -0.15) is 5.10 Å². The summed E-state index contributed by atoms with van der Waals surface area (Å²) in [7, 11) is 0. The van der Waals surface area contributed by atoms with E-state index in [0.29, 0.717) is 16.8 Å². The first-order chi connectivity index (χ1) is 8.04. The topological polar surface area (TPSA) is 17.8 Å². The molecule has 0 fully saturated rings. The molecule has 0 saturated heterocycles. The molecular weight excluding hydrogens is 276 g/mol. The fraction of sp³-hybridized carbons (Fsp3) is 0.786. The van der Waals surface area contributed by atoms with E-state index in [0.717, 1.165) is 12.8 Å². The monoisotopic (exact) mass is 300 g/mol. The van der Waals surface area contributed by atoms with Crippen molar-refractivity contribution in [2.45, 2.75) is 64.2 Å². The molecule has 2 atom stereocenters. The number of alkyl halides is 1. The number of hydrogen-bond donors (Lipinski definition) is 0. The fourth-order valence-electron chi connectivity index (χ4n) is 1.75. The van der Waals surface area contributed by atoms with Gasteiger partial charge in [-0.1, -0.05) is 36.7 Å². The van der Waals surface area contributed by atoms with E-state index in [-0.39, 0.29) is 0 Å². The Morgan fingerprint density at radius 2 is 2.06 bits per heavy atom. The van der Waals surface area contributed by atoms with Crippen LogP contribution in [0.3, 0.4) is 0 Å². The Bertz CT molecular complexity index is 320. The summed E-state index contributed by atoms with van der Waals surface area (Å²) < 4.78 is 2.09. The summed E-state index contributed by atoms with van der Waals surface area (Å²) in [6.45, 7) is 8.93. The van der Waals surface area contributed by atoms with Gasteiger partial charge in [0.2, 0.25) is 0 Å². The lowest BCUT2D eigenvalue weighted by Crippen LogP contribution is -2.08. The van der Waals surface area contributed by atoms with Gasteiger partial charge in [-0.05, 0) is 44.6 Å². The third kappa shape index (κ3) is 4.82. The number of hydrogen-bond acceptors (Lipinski definition) is 1. The molecule has 0 saturated carbocycles. The molecule has 17 heavy (non-hydrogen) atoms. The highest BCUT2D eigenvalue weighted by atomic mass is 79.9. The van der Waals surface area contributed by atoms with Crippen molar-refractivity contribution in [1.29, 1.82) is 0 Å². The van der Waals surface area contributed by atoms with Gasteiger partial charge in [0.05, 0.1) is 5.69 Å². The lowest BCUT2D eigenvalue weighted by Gasteiger charge is -2.12. The number of nitrogens with zero attached hydrogens (tertiary/aromatic N) is 2. The van der Waals surface area contributed by atoms with Crippen molar-refractivity contribution in [3.05, 3.63) is 18.0 Å². The summed E-state index contributed by atoms with van der Waals surface area (Å²) in [5.74, 6) is 0.715. The lowest BCUT2D eigenvalue weighted by molar-refractivity contribution is 0.472. The van der Waals surface area contributed by atoms with Crippen molar-refractivity contribution in [2.24, 2.45) is 5.92 Å². The molecule has 0 aromatic carbocycles. The van der Waals surface area contributed by atoms with Crippen molar-refractivity contribution in [3.8, 4) is 0 Å². The molecule has 0 amide bonds. The summed E-state index contributed by atoms with van der Waals surface area (Å²) in [5.41, 5.74) is 1.23. The second-order valence-electron chi connectivity index (χ2n) is 5.20. The molecule has 1 heterocycles. The number of aryl methyl sites for hydroxylation is 1. The van der Waals surface area contributed by atoms with Crippen LogP contribution < -0.4 is 0 Å². The van der Waals surface area contributed by atoms with Gasteiger partial charge in [-0.15, -0.1) is 0 Å². The Kier molecular flexibility index (Phi) is 6.24. The first kappa shape index (κ1) is 14.7. The van der Waals surface area contributed by atoms with Gasteiger partial charge in [0.1, 0.15) is 0 Å². The van der Waals surface area contributed by atoms with Crippen LogP contribution in [0.5, 0.6) is 0 Å². The third-order valence-corrected chi connectivity index (χ3v) is 4.86. The van der Waals surface area contributed by atoms with E-state index >= 15 is 0 Å². The summed E-state index contributed by atoms with van der Waals surface area (Å²) in [6, 6.07) is 2.67. The average Bonchev–Trinajstić information content (AvgIpc) is 2.76. The van der Waals surface area contributed by atoms with Gasteiger partial charge >= 0.3 is 0 Å². The second kappa shape index (κ2) is 7.20. The van der Waals surface area contributed by atoms with Crippen molar-refractivity contribution in [2.75, 3.05) is 0 Å². The van der Waals surface area contributed by atoms with Crippen molar-refractivity contribution in [3.63, 3.8) is 0 Å². The van der Waals surface area contributed by atoms with E-state index in [1.54, 1.807) is 0 Å². The average molecular weight is 301 g/mol. The van der Waals surface area contributed by atoms with Crippen LogP contribution in [0, 0.1) is 5.92 Å². The molecule has 0 spiro atoms. The Balaban J connectivity index is 2.35. The van der Waals surface area contributed by atoms with Crippen LogP contribution in [0.1, 0.15) is 58.7 Å². The zero-order chi connectivity index (χ0) is 12.8. The Morgan fingerprint density at radius 3 is 2.65 bits per heavy atom. The normalized spacial score (nSPS) is 15.2. The highest BCUT2D eigenvalue weighted by Gasteiger charge is 2.09. The molecule has 1 rings (SSSR count). The second-order valence-corrected chi connectivity index (χ2v) is 6.37. The molecular formula is C14H25BrN2. The maximum absolute atomic E-state index is 4.62. The van der Waals surface area contributed by atoms with Gasteiger partial charge in [-0.25, -0.2) is 0 Å². The molecule has 2 unspecified atom stereocenters. The zero-order valence-electron chi connectivity index (χ0n) is 11.5. The van der Waals surface area contributed by atoms with E-state index in [1.165, 1.54) is 18.5 Å². The van der Waals surface area contributed by atoms with Crippen LogP contribution in [0.25, 0.3) is 0 Å². The minimum Gasteiger partial charge on any atom is -0.270 e. The molecule has 0 aliphatic carbocycles. The van der Waals surface area contributed by atoms with Gasteiger partial charge < -0.3 is 0 Å². The minimum absolute atomic E-state index is 0.517. The maximum atomic E-state index is 4.62. The number of halogens is 1. The molecule has 98 valence electrons. The molecule has 0 aliphatic heterocycles. The number of aromatic nitrogens is 2. The van der Waals surface area contributed by atoms with Crippen molar-refractivity contribution < 1.29 is 0 Å². The van der Waals surface area contributed by atoms with Gasteiger partial charge in [0, 0.05) is 17.1 Å². The first-order valence-electron chi connectivity index (χ1n) is 6.72. The van der Waals surface area contributed by atoms with Crippen LogP contribution in [0.15, 0.2) is 12.3 Å². The smallest absolute Gasteiger partial charge is 0.0624 e. The summed E-state index contributed by atoms with van der Waals surface area (Å²) in [4.78, 5) is 0.638. The van der Waals surface area contributed by atoms with Gasteiger partial charge in [0.25, 0.3) is 0 Å². The number of rotatable bonds is 7. The predicted molar refractivity (Wildman–Crippen MR) is 77.7 cm³/mol. The highest BCUT2D eigenvalue weighted by molar-refractivity contribution is 9.09. The Hall–Kier alpha value is -0.310. The first-order valence-corrected chi connectivity index (χ1v) is 7.64. The van der Waals surface area contributed by atoms with Crippen LogP contribution in [-0.4, -0.2) is 14.6 Å². The predicted octanol–water partition coefficient (Wildman–Crippen LogP) is 4.60. The van der Waals surface area contributed by atoms with Crippen LogP contribution >= 0.6 is 15.9 Å². The molecule has 0 radical (unpaired) electrons. The van der Waals surface area contributed by atoms with Gasteiger partial charge in [-0.3, -0.25) is 4.68 Å². The van der Waals surface area contributed by atoms with E-state index in [2.05, 4.69) is 65.7 Å². The van der Waals surface area contributed by atoms with Crippen LogP contribution in [0.4, 0.5) is 0 Å². The zero-order valence-corrected chi connectivity index (χ0v) is 13.1. The van der Waals surface area contributed by atoms with E-state index in [1.807, 2.05) is 0 Å². The minimum atomic E-state index is 0.517. The van der Waals surface area contributed by atoms with E-state index < -0.39 is 0 Å². The van der Waals surface area contributed by atoms with Crippen LogP contribution in [-0.2, 0) is 6.42 Å². The molecule has 3 heteroatoms. The molecule has 1 aromatic heterocycles. The quantitative estimate of drug-likeness (QED) is 0.673.